The summed E-state index contributed by atoms with van der Waals surface area (Å²) in [5, 5.41) is 7.34. The Balaban J connectivity index is 1.71. The number of hydrogen-bond donors (Lipinski definition) is 1. The number of nitrogens with one attached hydrogen (secondary N) is 1. The minimum atomic E-state index is -0.327. The molecular formula is C22H25N5O3. The Morgan fingerprint density at radius 2 is 2.03 bits per heavy atom. The molecule has 0 spiro atoms. The van der Waals surface area contributed by atoms with Gasteiger partial charge in [-0.2, -0.15) is 5.10 Å². The summed E-state index contributed by atoms with van der Waals surface area (Å²) < 4.78 is 8.63. The predicted octanol–water partition coefficient (Wildman–Crippen LogP) is 2.57. The molecule has 156 valence electrons. The maximum absolute atomic E-state index is 13.2. The average Bonchev–Trinajstić information content (AvgIpc) is 3.31. The summed E-state index contributed by atoms with van der Waals surface area (Å²) in [4.78, 5) is 30.8. The normalized spacial score (nSPS) is 12.6. The summed E-state index contributed by atoms with van der Waals surface area (Å²) in [5.74, 6) is 0.637. The maximum atomic E-state index is 13.2. The van der Waals surface area contributed by atoms with Crippen LogP contribution in [-0.2, 0) is 24.2 Å². The minimum absolute atomic E-state index is 0.159. The van der Waals surface area contributed by atoms with Crippen molar-refractivity contribution in [2.45, 2.75) is 46.6 Å². The van der Waals surface area contributed by atoms with Gasteiger partial charge in [0.05, 0.1) is 23.7 Å². The molecule has 0 unspecified atom stereocenters. The maximum Gasteiger partial charge on any atom is 0.258 e. The van der Waals surface area contributed by atoms with Crippen LogP contribution >= 0.6 is 0 Å². The van der Waals surface area contributed by atoms with Gasteiger partial charge in [-0.3, -0.25) is 14.2 Å². The van der Waals surface area contributed by atoms with Crippen molar-refractivity contribution in [3.05, 3.63) is 63.3 Å². The zero-order chi connectivity index (χ0) is 21.3. The molecule has 0 saturated heterocycles. The second-order valence-corrected chi connectivity index (χ2v) is 7.40. The molecule has 4 rings (SSSR count). The van der Waals surface area contributed by atoms with E-state index in [1.807, 2.05) is 39.0 Å². The molecule has 0 radical (unpaired) electrons. The summed E-state index contributed by atoms with van der Waals surface area (Å²) in [6.07, 6.45) is 2.35. The van der Waals surface area contributed by atoms with Crippen LogP contribution in [0.2, 0.25) is 0 Å². The Hall–Kier alpha value is -3.42. The van der Waals surface area contributed by atoms with Crippen molar-refractivity contribution in [3.63, 3.8) is 0 Å². The molecule has 8 nitrogen and oxygen atoms in total. The van der Waals surface area contributed by atoms with Crippen LogP contribution in [0.25, 0.3) is 5.95 Å². The number of carbonyl (C=O) groups is 1. The molecule has 3 aromatic rings. The highest BCUT2D eigenvalue weighted by atomic mass is 16.5. The van der Waals surface area contributed by atoms with E-state index in [1.54, 1.807) is 16.8 Å². The molecule has 0 saturated carbocycles. The number of benzene rings is 1. The third-order valence-corrected chi connectivity index (χ3v) is 5.13. The van der Waals surface area contributed by atoms with Gasteiger partial charge in [0.15, 0.2) is 0 Å². The first-order valence-corrected chi connectivity index (χ1v) is 10.2. The van der Waals surface area contributed by atoms with Crippen LogP contribution in [-0.4, -0.2) is 31.8 Å². The van der Waals surface area contributed by atoms with Gasteiger partial charge in [-0.1, -0.05) is 12.1 Å². The second-order valence-electron chi connectivity index (χ2n) is 7.40. The van der Waals surface area contributed by atoms with E-state index in [0.717, 1.165) is 29.9 Å². The molecule has 30 heavy (non-hydrogen) atoms. The number of amides is 1. The molecule has 0 atom stereocenters. The lowest BCUT2D eigenvalue weighted by molar-refractivity contribution is -0.116. The Labute approximate surface area is 174 Å². The quantitative estimate of drug-likeness (QED) is 0.678. The average molecular weight is 407 g/mol. The molecule has 1 aliphatic carbocycles. The van der Waals surface area contributed by atoms with Crippen LogP contribution < -0.4 is 15.6 Å². The van der Waals surface area contributed by atoms with Gasteiger partial charge in [0.1, 0.15) is 12.3 Å². The summed E-state index contributed by atoms with van der Waals surface area (Å²) >= 11 is 0. The molecule has 0 bridgehead atoms. The number of nitrogens with zero attached hydrogens (tertiary/aromatic N) is 4. The summed E-state index contributed by atoms with van der Waals surface area (Å²) in [6, 6.07) is 9.15. The zero-order valence-electron chi connectivity index (χ0n) is 17.4. The number of anilines is 1. The van der Waals surface area contributed by atoms with E-state index in [9.17, 15) is 9.59 Å². The lowest BCUT2D eigenvalue weighted by Gasteiger charge is -2.16. The number of para-hydroxylation sites is 2. The fourth-order valence-electron chi connectivity index (χ4n) is 3.84. The van der Waals surface area contributed by atoms with Crippen LogP contribution in [0.3, 0.4) is 0 Å². The van der Waals surface area contributed by atoms with E-state index < -0.39 is 0 Å². The van der Waals surface area contributed by atoms with Crippen LogP contribution in [0, 0.1) is 13.8 Å². The van der Waals surface area contributed by atoms with Crippen molar-refractivity contribution in [2.24, 2.45) is 0 Å². The fourth-order valence-corrected chi connectivity index (χ4v) is 3.84. The van der Waals surface area contributed by atoms with Crippen molar-refractivity contribution in [3.8, 4) is 11.7 Å². The monoisotopic (exact) mass is 407 g/mol. The molecule has 1 amide bonds. The molecule has 1 aromatic carbocycles. The van der Waals surface area contributed by atoms with Crippen molar-refractivity contribution < 1.29 is 9.53 Å². The Morgan fingerprint density at radius 3 is 2.77 bits per heavy atom. The predicted molar refractivity (Wildman–Crippen MR) is 113 cm³/mol. The van der Waals surface area contributed by atoms with Gasteiger partial charge >= 0.3 is 0 Å². The number of fused-ring (bicyclic) bond motifs is 1. The Morgan fingerprint density at radius 1 is 1.23 bits per heavy atom. The van der Waals surface area contributed by atoms with Crippen molar-refractivity contribution in [1.82, 2.24) is 19.3 Å². The molecule has 1 N–H and O–H groups in total. The van der Waals surface area contributed by atoms with Gasteiger partial charge in [0.2, 0.25) is 11.9 Å². The highest BCUT2D eigenvalue weighted by Gasteiger charge is 2.24. The van der Waals surface area contributed by atoms with E-state index >= 15 is 0 Å². The highest BCUT2D eigenvalue weighted by Crippen LogP contribution is 2.24. The first-order chi connectivity index (χ1) is 14.5. The Kier molecular flexibility index (Phi) is 5.39. The van der Waals surface area contributed by atoms with Gasteiger partial charge in [0.25, 0.3) is 5.56 Å². The zero-order valence-corrected chi connectivity index (χ0v) is 17.4. The largest absolute Gasteiger partial charge is 0.492 e. The van der Waals surface area contributed by atoms with Crippen molar-refractivity contribution >= 4 is 11.6 Å². The number of ether oxygens (including phenoxy) is 1. The molecule has 0 aliphatic heterocycles. The summed E-state index contributed by atoms with van der Waals surface area (Å²) in [6.45, 7) is 6.00. The van der Waals surface area contributed by atoms with Gasteiger partial charge in [0, 0.05) is 11.3 Å². The van der Waals surface area contributed by atoms with Gasteiger partial charge < -0.3 is 10.1 Å². The van der Waals surface area contributed by atoms with Crippen molar-refractivity contribution in [1.29, 1.82) is 0 Å². The van der Waals surface area contributed by atoms with E-state index in [4.69, 9.17) is 9.72 Å². The van der Waals surface area contributed by atoms with Gasteiger partial charge in [-0.15, -0.1) is 0 Å². The smallest absolute Gasteiger partial charge is 0.258 e. The number of hydrogen-bond acceptors (Lipinski definition) is 5. The van der Waals surface area contributed by atoms with E-state index in [0.29, 0.717) is 36.0 Å². The van der Waals surface area contributed by atoms with E-state index in [-0.39, 0.29) is 18.0 Å². The molecule has 2 heterocycles. The van der Waals surface area contributed by atoms with E-state index in [1.165, 1.54) is 4.57 Å². The number of carbonyl (C=O) groups excluding carboxylic acids is 1. The molecule has 2 aromatic heterocycles. The standard InChI is InChI=1S/C22H25N5O3/c1-4-30-19-11-6-5-9-18(19)23-20(28)13-26-21(29)16-8-7-10-17(16)24-22(26)27-15(3)12-14(2)25-27/h5-6,9,11-12H,4,7-8,10,13H2,1-3H3,(H,23,28). The third-order valence-electron chi connectivity index (χ3n) is 5.13. The number of aryl methyl sites for hydroxylation is 3. The SMILES string of the molecule is CCOc1ccccc1NC(=O)Cn1c(-n2nc(C)cc2C)nc2c(c1=O)CCC2. The van der Waals surface area contributed by atoms with Crippen LogP contribution in [0.4, 0.5) is 5.69 Å². The summed E-state index contributed by atoms with van der Waals surface area (Å²) in [5.41, 5.74) is 3.58. The van der Waals surface area contributed by atoms with Gasteiger partial charge in [-0.05, 0) is 58.2 Å². The third kappa shape index (κ3) is 3.72. The first kappa shape index (κ1) is 19.9. The number of rotatable bonds is 6. The van der Waals surface area contributed by atoms with Crippen LogP contribution in [0.1, 0.15) is 36.0 Å². The molecule has 8 heteroatoms. The molecule has 1 aliphatic rings. The lowest BCUT2D eigenvalue weighted by Crippen LogP contribution is -2.34. The molecular weight excluding hydrogens is 382 g/mol. The van der Waals surface area contributed by atoms with Crippen LogP contribution in [0.5, 0.6) is 5.75 Å². The molecule has 0 fully saturated rings. The minimum Gasteiger partial charge on any atom is -0.492 e. The number of aromatic nitrogens is 4. The summed E-state index contributed by atoms with van der Waals surface area (Å²) in [7, 11) is 0. The first-order valence-electron chi connectivity index (χ1n) is 10.2. The highest BCUT2D eigenvalue weighted by molar-refractivity contribution is 5.92. The fraction of sp³-hybridized carbons (Fsp3) is 0.364. The lowest BCUT2D eigenvalue weighted by atomic mass is 10.2. The van der Waals surface area contributed by atoms with E-state index in [2.05, 4.69) is 10.4 Å². The van der Waals surface area contributed by atoms with Gasteiger partial charge in [-0.25, -0.2) is 9.67 Å². The second kappa shape index (κ2) is 8.14. The van der Waals surface area contributed by atoms with Crippen molar-refractivity contribution in [2.75, 3.05) is 11.9 Å². The topological polar surface area (TPSA) is 91.0 Å². The van der Waals surface area contributed by atoms with Crippen LogP contribution in [0.15, 0.2) is 35.1 Å². The Bertz CT molecular complexity index is 1160.